The van der Waals surface area contributed by atoms with Crippen LogP contribution in [0.2, 0.25) is 0 Å². The van der Waals surface area contributed by atoms with E-state index < -0.39 is 0 Å². The van der Waals surface area contributed by atoms with E-state index in [4.69, 9.17) is 0 Å². The number of allylic oxidation sites excluding steroid dienone is 11. The van der Waals surface area contributed by atoms with Crippen molar-refractivity contribution in [2.24, 2.45) is 0 Å². The minimum Gasteiger partial charge on any atom is -0.133 e. The highest BCUT2D eigenvalue weighted by molar-refractivity contribution is 5.00. The summed E-state index contributed by atoms with van der Waals surface area (Å²) in [5, 5.41) is 0. The first-order valence-corrected chi connectivity index (χ1v) is 8.51. The monoisotopic (exact) mass is 296 g/mol. The molecule has 0 spiro atoms. The molecule has 0 fully saturated rings. The first kappa shape index (κ1) is 20.2. The largest absolute Gasteiger partial charge is 0.133 e. The summed E-state index contributed by atoms with van der Waals surface area (Å²) < 4.78 is 0. The van der Waals surface area contributed by atoms with Crippen LogP contribution in [0.5, 0.6) is 0 Å². The van der Waals surface area contributed by atoms with Crippen LogP contribution in [0.1, 0.15) is 58.3 Å². The van der Waals surface area contributed by atoms with Gasteiger partial charge in [0.25, 0.3) is 0 Å². The molecule has 0 radical (unpaired) electrons. The Labute approximate surface area is 138 Å². The van der Waals surface area contributed by atoms with E-state index in [0.717, 1.165) is 44.9 Å². The third kappa shape index (κ3) is 18.2. The Balaban J connectivity index is 3.45. The van der Waals surface area contributed by atoms with Crippen molar-refractivity contribution in [2.45, 2.75) is 58.3 Å². The second kappa shape index (κ2) is 19.2. The standard InChI is InChI=1S/C22H32/c1-3-5-7-9-11-13-15-17-19-21-22-20-18-16-14-12-10-8-6-4-2/h5-6,8,12-15,18-21H,1,4,7,9-11,16-17,22H2,2H3/b8-6-,14-12-,15-13-,20-18-,21-19-. The van der Waals surface area contributed by atoms with Gasteiger partial charge in [0.15, 0.2) is 0 Å². The van der Waals surface area contributed by atoms with Crippen molar-refractivity contribution >= 4 is 0 Å². The predicted octanol–water partition coefficient (Wildman–Crippen LogP) is 7.25. The summed E-state index contributed by atoms with van der Waals surface area (Å²) in [5.41, 5.74) is 2.80. The van der Waals surface area contributed by atoms with E-state index in [0.29, 0.717) is 0 Å². The predicted molar refractivity (Wildman–Crippen MR) is 102 cm³/mol. The van der Waals surface area contributed by atoms with Gasteiger partial charge >= 0.3 is 0 Å². The molecule has 0 rings (SSSR count). The quantitative estimate of drug-likeness (QED) is 0.191. The lowest BCUT2D eigenvalue weighted by atomic mass is 10.2. The Bertz CT molecular complexity index is 409. The van der Waals surface area contributed by atoms with Crippen LogP contribution in [0.15, 0.2) is 79.1 Å². The van der Waals surface area contributed by atoms with Gasteiger partial charge in [-0.25, -0.2) is 0 Å². The normalized spacial score (nSPS) is 12.4. The SMILES string of the molecule is C=C=CCCC/C=C\C/C=C\C/C=C\C/C=C\C/C=C\CC. The van der Waals surface area contributed by atoms with Gasteiger partial charge in [-0.05, 0) is 57.4 Å². The molecule has 22 heavy (non-hydrogen) atoms. The summed E-state index contributed by atoms with van der Waals surface area (Å²) in [4.78, 5) is 0. The summed E-state index contributed by atoms with van der Waals surface area (Å²) in [5.74, 6) is 0. The maximum absolute atomic E-state index is 3.56. The van der Waals surface area contributed by atoms with Crippen LogP contribution in [0.25, 0.3) is 0 Å². The first-order valence-electron chi connectivity index (χ1n) is 8.51. The van der Waals surface area contributed by atoms with Crippen molar-refractivity contribution in [1.29, 1.82) is 0 Å². The summed E-state index contributed by atoms with van der Waals surface area (Å²) in [6, 6.07) is 0. The number of rotatable bonds is 13. The maximum Gasteiger partial charge on any atom is -0.0169 e. The van der Waals surface area contributed by atoms with Gasteiger partial charge in [0.1, 0.15) is 0 Å². The molecule has 0 aliphatic carbocycles. The van der Waals surface area contributed by atoms with Crippen molar-refractivity contribution in [3.63, 3.8) is 0 Å². The second-order valence-electron chi connectivity index (χ2n) is 5.05. The lowest BCUT2D eigenvalue weighted by Gasteiger charge is -1.88. The number of unbranched alkanes of at least 4 members (excludes halogenated alkanes) is 2. The van der Waals surface area contributed by atoms with Gasteiger partial charge in [0.2, 0.25) is 0 Å². The van der Waals surface area contributed by atoms with Gasteiger partial charge in [0, 0.05) is 0 Å². The smallest absolute Gasteiger partial charge is 0.0169 e. The highest BCUT2D eigenvalue weighted by atomic mass is 13.9. The van der Waals surface area contributed by atoms with E-state index in [-0.39, 0.29) is 0 Å². The molecule has 0 bridgehead atoms. The molecule has 0 amide bonds. The molecule has 0 N–H and O–H groups in total. The van der Waals surface area contributed by atoms with Crippen LogP contribution >= 0.6 is 0 Å². The average Bonchev–Trinajstić information content (AvgIpc) is 2.54. The van der Waals surface area contributed by atoms with Crippen LogP contribution in [0.4, 0.5) is 0 Å². The molecule has 0 aliphatic heterocycles. The van der Waals surface area contributed by atoms with E-state index in [1.807, 2.05) is 6.08 Å². The summed E-state index contributed by atoms with van der Waals surface area (Å²) in [6.07, 6.45) is 33.0. The molecule has 120 valence electrons. The zero-order valence-corrected chi connectivity index (χ0v) is 14.2. The van der Waals surface area contributed by atoms with Crippen LogP contribution in [-0.2, 0) is 0 Å². The van der Waals surface area contributed by atoms with Gasteiger partial charge in [-0.15, -0.1) is 5.73 Å². The Morgan fingerprint density at radius 3 is 1.55 bits per heavy atom. The van der Waals surface area contributed by atoms with Crippen LogP contribution in [-0.4, -0.2) is 0 Å². The van der Waals surface area contributed by atoms with E-state index in [9.17, 15) is 0 Å². The molecule has 0 saturated carbocycles. The molecule has 0 atom stereocenters. The van der Waals surface area contributed by atoms with Gasteiger partial charge in [0.05, 0.1) is 0 Å². The Hall–Kier alpha value is -1.78. The average molecular weight is 296 g/mol. The first-order chi connectivity index (χ1) is 10.9. The lowest BCUT2D eigenvalue weighted by molar-refractivity contribution is 0.867. The number of hydrogen-bond donors (Lipinski definition) is 0. The molecular formula is C22H32. The third-order valence-electron chi connectivity index (χ3n) is 3.02. The Morgan fingerprint density at radius 2 is 1.09 bits per heavy atom. The Morgan fingerprint density at radius 1 is 0.636 bits per heavy atom. The molecule has 0 aromatic carbocycles. The van der Waals surface area contributed by atoms with E-state index in [1.54, 1.807) is 0 Å². The summed E-state index contributed by atoms with van der Waals surface area (Å²) >= 11 is 0. The fourth-order valence-corrected chi connectivity index (χ4v) is 1.81. The van der Waals surface area contributed by atoms with E-state index in [2.05, 4.69) is 80.0 Å². The van der Waals surface area contributed by atoms with Crippen molar-refractivity contribution in [3.05, 3.63) is 79.1 Å². The minimum absolute atomic E-state index is 1.03. The lowest BCUT2D eigenvalue weighted by Crippen LogP contribution is -1.68. The second-order valence-corrected chi connectivity index (χ2v) is 5.05. The molecule has 0 aromatic rings. The molecule has 0 saturated heterocycles. The number of hydrogen-bond acceptors (Lipinski definition) is 0. The third-order valence-corrected chi connectivity index (χ3v) is 3.02. The zero-order valence-electron chi connectivity index (χ0n) is 14.2. The molecule has 0 nitrogen and oxygen atoms in total. The maximum atomic E-state index is 3.56. The molecule has 0 aliphatic rings. The molecule has 0 heterocycles. The summed E-state index contributed by atoms with van der Waals surface area (Å²) in [7, 11) is 0. The van der Waals surface area contributed by atoms with Gasteiger partial charge in [-0.2, -0.15) is 0 Å². The topological polar surface area (TPSA) is 0 Å². The van der Waals surface area contributed by atoms with E-state index in [1.165, 1.54) is 6.42 Å². The van der Waals surface area contributed by atoms with Gasteiger partial charge in [-0.1, -0.05) is 74.3 Å². The summed E-state index contributed by atoms with van der Waals surface area (Å²) in [6.45, 7) is 5.72. The zero-order chi connectivity index (χ0) is 16.1. The highest BCUT2D eigenvalue weighted by Crippen LogP contribution is 1.99. The van der Waals surface area contributed by atoms with Crippen molar-refractivity contribution in [3.8, 4) is 0 Å². The Kier molecular flexibility index (Phi) is 17.7. The fourth-order valence-electron chi connectivity index (χ4n) is 1.81. The van der Waals surface area contributed by atoms with E-state index >= 15 is 0 Å². The highest BCUT2D eigenvalue weighted by Gasteiger charge is 1.79. The molecule has 0 aromatic heterocycles. The van der Waals surface area contributed by atoms with Crippen molar-refractivity contribution < 1.29 is 0 Å². The van der Waals surface area contributed by atoms with Crippen LogP contribution < -0.4 is 0 Å². The van der Waals surface area contributed by atoms with Gasteiger partial charge in [-0.3, -0.25) is 0 Å². The molecule has 0 unspecified atom stereocenters. The van der Waals surface area contributed by atoms with Crippen molar-refractivity contribution in [1.82, 2.24) is 0 Å². The van der Waals surface area contributed by atoms with Crippen molar-refractivity contribution in [2.75, 3.05) is 0 Å². The van der Waals surface area contributed by atoms with Crippen LogP contribution in [0.3, 0.4) is 0 Å². The van der Waals surface area contributed by atoms with Gasteiger partial charge < -0.3 is 0 Å². The molecule has 0 heteroatoms. The fraction of sp³-hybridized carbons (Fsp3) is 0.409. The minimum atomic E-state index is 1.03. The van der Waals surface area contributed by atoms with Crippen LogP contribution in [0, 0.1) is 0 Å². The molecular weight excluding hydrogens is 264 g/mol.